The minimum atomic E-state index is -0.557. The van der Waals surface area contributed by atoms with Gasteiger partial charge in [0.1, 0.15) is 0 Å². The lowest BCUT2D eigenvalue weighted by atomic mass is 10.2. The van der Waals surface area contributed by atoms with E-state index in [1.165, 1.54) is 23.4 Å². The number of hydrogen-bond acceptors (Lipinski definition) is 8. The van der Waals surface area contributed by atoms with Gasteiger partial charge in [-0.3, -0.25) is 33.2 Å². The molecule has 188 valence electrons. The van der Waals surface area contributed by atoms with Crippen molar-refractivity contribution in [2.24, 2.45) is 14.1 Å². The summed E-state index contributed by atoms with van der Waals surface area (Å²) in [6.07, 6.45) is 0.0923. The van der Waals surface area contributed by atoms with Gasteiger partial charge in [-0.1, -0.05) is 0 Å². The second kappa shape index (κ2) is 8.75. The minimum absolute atomic E-state index is 0.0923. The number of imidazole rings is 1. The second-order valence-electron chi connectivity index (χ2n) is 9.00. The van der Waals surface area contributed by atoms with E-state index in [0.29, 0.717) is 43.5 Å². The molecule has 5 rings (SSSR count). The van der Waals surface area contributed by atoms with Crippen LogP contribution in [0.5, 0.6) is 0 Å². The number of imide groups is 1. The van der Waals surface area contributed by atoms with Crippen molar-refractivity contribution in [3.8, 4) is 0 Å². The van der Waals surface area contributed by atoms with Crippen LogP contribution in [-0.2, 0) is 28.5 Å². The highest BCUT2D eigenvalue weighted by atomic mass is 16.2. The standard InChI is InChI=1S/C23H26N8O5/c1-13(32)24-14-4-6-15(7-5-14)31-17(33)12-16(20(31)34)29-8-10-30(11-9-29)22-25-18-19(26-22)27(2)23(36)28(3)21(18)35/h4-7,16H,8-12H2,1-3H3,(H,24,32)(H,25,26). The Morgan fingerprint density at radius 3 is 2.31 bits per heavy atom. The molecule has 36 heavy (non-hydrogen) atoms. The molecule has 2 fully saturated rings. The van der Waals surface area contributed by atoms with E-state index < -0.39 is 17.3 Å². The summed E-state index contributed by atoms with van der Waals surface area (Å²) in [5, 5.41) is 2.66. The number of nitrogens with one attached hydrogen (secondary N) is 2. The number of nitrogens with zero attached hydrogens (tertiary/aromatic N) is 6. The molecule has 1 aromatic carbocycles. The third-order valence-corrected chi connectivity index (χ3v) is 6.71. The lowest BCUT2D eigenvalue weighted by Gasteiger charge is -2.36. The lowest BCUT2D eigenvalue weighted by molar-refractivity contribution is -0.123. The summed E-state index contributed by atoms with van der Waals surface area (Å²) in [4.78, 5) is 74.4. The monoisotopic (exact) mass is 494 g/mol. The zero-order valence-electron chi connectivity index (χ0n) is 20.1. The van der Waals surface area contributed by atoms with Gasteiger partial charge in [-0.25, -0.2) is 9.69 Å². The number of aromatic nitrogens is 4. The highest BCUT2D eigenvalue weighted by molar-refractivity contribution is 6.22. The maximum atomic E-state index is 13.2. The molecule has 13 nitrogen and oxygen atoms in total. The molecule has 2 saturated heterocycles. The van der Waals surface area contributed by atoms with Gasteiger partial charge in [0.25, 0.3) is 11.5 Å². The predicted molar refractivity (Wildman–Crippen MR) is 132 cm³/mol. The van der Waals surface area contributed by atoms with Gasteiger partial charge in [-0.2, -0.15) is 4.98 Å². The molecule has 1 unspecified atom stereocenters. The highest BCUT2D eigenvalue weighted by Crippen LogP contribution is 2.28. The Hall–Kier alpha value is -4.26. The highest BCUT2D eigenvalue weighted by Gasteiger charge is 2.43. The third kappa shape index (κ3) is 3.86. The van der Waals surface area contributed by atoms with Crippen LogP contribution in [0.1, 0.15) is 13.3 Å². The zero-order valence-corrected chi connectivity index (χ0v) is 20.1. The van der Waals surface area contributed by atoms with E-state index in [1.54, 1.807) is 31.3 Å². The summed E-state index contributed by atoms with van der Waals surface area (Å²) < 4.78 is 2.36. The molecule has 2 aromatic heterocycles. The fourth-order valence-corrected chi connectivity index (χ4v) is 4.78. The van der Waals surface area contributed by atoms with Crippen LogP contribution >= 0.6 is 0 Å². The maximum absolute atomic E-state index is 13.2. The number of piperazine rings is 1. The average Bonchev–Trinajstić information content (AvgIpc) is 3.43. The molecule has 2 N–H and O–H groups in total. The molecule has 2 aliphatic heterocycles. The summed E-state index contributed by atoms with van der Waals surface area (Å²) in [5.74, 6) is -0.265. The van der Waals surface area contributed by atoms with Gasteiger partial charge in [0, 0.05) is 52.9 Å². The molecule has 0 spiro atoms. The molecule has 0 aliphatic carbocycles. The van der Waals surface area contributed by atoms with E-state index in [9.17, 15) is 24.0 Å². The quantitative estimate of drug-likeness (QED) is 0.456. The Labute approximate surface area is 204 Å². The Morgan fingerprint density at radius 1 is 1.00 bits per heavy atom. The van der Waals surface area contributed by atoms with Crippen molar-refractivity contribution >= 4 is 46.2 Å². The van der Waals surface area contributed by atoms with Gasteiger partial charge in [-0.15, -0.1) is 0 Å². The Morgan fingerprint density at radius 2 is 1.67 bits per heavy atom. The summed E-state index contributed by atoms with van der Waals surface area (Å²) in [7, 11) is 2.98. The number of H-pyrrole nitrogens is 1. The number of aryl methyl sites for hydroxylation is 1. The number of benzene rings is 1. The van der Waals surface area contributed by atoms with Gasteiger partial charge in [0.05, 0.1) is 18.2 Å². The number of amides is 3. The molecular formula is C23H26N8O5. The number of hydrogen-bond donors (Lipinski definition) is 2. The van der Waals surface area contributed by atoms with Crippen LogP contribution in [-0.4, -0.2) is 73.9 Å². The van der Waals surface area contributed by atoms with E-state index >= 15 is 0 Å². The first kappa shape index (κ1) is 23.5. The average molecular weight is 495 g/mol. The van der Waals surface area contributed by atoms with Crippen LogP contribution in [0.15, 0.2) is 33.9 Å². The third-order valence-electron chi connectivity index (χ3n) is 6.71. The van der Waals surface area contributed by atoms with Crippen LogP contribution in [0.2, 0.25) is 0 Å². The van der Waals surface area contributed by atoms with Crippen LogP contribution in [0.4, 0.5) is 17.3 Å². The fourth-order valence-electron chi connectivity index (χ4n) is 4.78. The molecule has 1 atom stereocenters. The molecule has 0 radical (unpaired) electrons. The first-order chi connectivity index (χ1) is 17.2. The van der Waals surface area contributed by atoms with Crippen molar-refractivity contribution in [1.29, 1.82) is 0 Å². The van der Waals surface area contributed by atoms with Crippen molar-refractivity contribution < 1.29 is 14.4 Å². The minimum Gasteiger partial charge on any atom is -0.340 e. The first-order valence-electron chi connectivity index (χ1n) is 11.5. The van der Waals surface area contributed by atoms with Gasteiger partial charge < -0.3 is 15.2 Å². The van der Waals surface area contributed by atoms with Gasteiger partial charge in [-0.05, 0) is 24.3 Å². The number of fused-ring (bicyclic) bond motifs is 1. The Kier molecular flexibility index (Phi) is 5.71. The van der Waals surface area contributed by atoms with Crippen molar-refractivity contribution in [1.82, 2.24) is 24.0 Å². The molecule has 13 heteroatoms. The number of carbonyl (C=O) groups is 3. The molecule has 3 aromatic rings. The number of aromatic amines is 1. The van der Waals surface area contributed by atoms with Crippen LogP contribution in [0, 0.1) is 0 Å². The second-order valence-corrected chi connectivity index (χ2v) is 9.00. The molecule has 4 heterocycles. The Bertz CT molecular complexity index is 1490. The summed E-state index contributed by atoms with van der Waals surface area (Å²) >= 11 is 0. The lowest BCUT2D eigenvalue weighted by Crippen LogP contribution is -2.52. The van der Waals surface area contributed by atoms with E-state index in [1.807, 2.05) is 9.80 Å². The predicted octanol–water partition coefficient (Wildman–Crippen LogP) is -0.627. The topological polar surface area (TPSA) is 146 Å². The van der Waals surface area contributed by atoms with Crippen LogP contribution in [0.25, 0.3) is 11.2 Å². The van der Waals surface area contributed by atoms with E-state index in [0.717, 1.165) is 4.57 Å². The molecule has 2 aliphatic rings. The van der Waals surface area contributed by atoms with E-state index in [-0.39, 0.29) is 35.3 Å². The Balaban J connectivity index is 1.28. The van der Waals surface area contributed by atoms with Crippen LogP contribution < -0.4 is 26.4 Å². The molecule has 0 saturated carbocycles. The van der Waals surface area contributed by atoms with Gasteiger partial charge >= 0.3 is 5.69 Å². The van der Waals surface area contributed by atoms with Crippen molar-refractivity contribution in [2.75, 3.05) is 41.3 Å². The summed E-state index contributed by atoms with van der Waals surface area (Å²) in [5.41, 5.74) is 0.710. The largest absolute Gasteiger partial charge is 0.340 e. The maximum Gasteiger partial charge on any atom is 0.332 e. The van der Waals surface area contributed by atoms with Crippen molar-refractivity contribution in [2.45, 2.75) is 19.4 Å². The first-order valence-corrected chi connectivity index (χ1v) is 11.5. The molecular weight excluding hydrogens is 468 g/mol. The molecule has 3 amide bonds. The smallest absolute Gasteiger partial charge is 0.332 e. The van der Waals surface area contributed by atoms with Crippen molar-refractivity contribution in [3.05, 3.63) is 45.1 Å². The number of carbonyl (C=O) groups excluding carboxylic acids is 3. The van der Waals surface area contributed by atoms with E-state index in [4.69, 9.17) is 0 Å². The van der Waals surface area contributed by atoms with Crippen molar-refractivity contribution in [3.63, 3.8) is 0 Å². The van der Waals surface area contributed by atoms with Crippen LogP contribution in [0.3, 0.4) is 0 Å². The zero-order chi connectivity index (χ0) is 25.7. The summed E-state index contributed by atoms with van der Waals surface area (Å²) in [6, 6.07) is 6.03. The number of rotatable bonds is 4. The van der Waals surface area contributed by atoms with Gasteiger partial charge in [0.2, 0.25) is 17.8 Å². The molecule has 0 bridgehead atoms. The fraction of sp³-hybridized carbons (Fsp3) is 0.391. The van der Waals surface area contributed by atoms with Gasteiger partial charge in [0.15, 0.2) is 11.2 Å². The SMILES string of the molecule is CC(=O)Nc1ccc(N2C(=O)CC(N3CCN(c4nc5c([nH]4)c(=O)n(C)c(=O)n5C)CC3)C2=O)cc1. The number of anilines is 3. The normalized spacial score (nSPS) is 18.9. The summed E-state index contributed by atoms with van der Waals surface area (Å²) in [6.45, 7) is 3.50. The van der Waals surface area contributed by atoms with E-state index in [2.05, 4.69) is 15.3 Å².